The van der Waals surface area contributed by atoms with Crippen molar-refractivity contribution >= 4 is 15.7 Å². The minimum atomic E-state index is -3.98. The van der Waals surface area contributed by atoms with Gasteiger partial charge in [-0.05, 0) is 61.7 Å². The van der Waals surface area contributed by atoms with E-state index in [2.05, 4.69) is 4.98 Å². The first-order valence-electron chi connectivity index (χ1n) is 9.40. The van der Waals surface area contributed by atoms with Crippen LogP contribution in [0.4, 0.5) is 10.3 Å². The highest BCUT2D eigenvalue weighted by molar-refractivity contribution is 7.91. The largest absolute Gasteiger partial charge is 0.497 e. The highest BCUT2D eigenvalue weighted by Crippen LogP contribution is 2.36. The molecular weight excluding hydrogens is 395 g/mol. The molecule has 29 heavy (non-hydrogen) atoms. The predicted octanol–water partition coefficient (Wildman–Crippen LogP) is 4.31. The van der Waals surface area contributed by atoms with Crippen molar-refractivity contribution in [3.8, 4) is 17.2 Å². The number of rotatable bonds is 5. The number of oxazole rings is 1. The van der Waals surface area contributed by atoms with Crippen LogP contribution in [-0.2, 0) is 9.84 Å². The normalized spacial score (nSPS) is 14.8. The molecule has 0 N–H and O–H groups in total. The Kier molecular flexibility index (Phi) is 5.27. The average molecular weight is 416 g/mol. The third-order valence-electron chi connectivity index (χ3n) is 4.92. The fraction of sp³-hybridized carbons (Fsp3) is 0.286. The van der Waals surface area contributed by atoms with Gasteiger partial charge in [-0.3, -0.25) is 0 Å². The molecule has 1 aromatic heterocycles. The van der Waals surface area contributed by atoms with Crippen LogP contribution in [0.1, 0.15) is 19.3 Å². The number of aromatic nitrogens is 1. The van der Waals surface area contributed by atoms with E-state index in [0.29, 0.717) is 24.4 Å². The molecular formula is C21H21FN2O4S. The van der Waals surface area contributed by atoms with E-state index < -0.39 is 15.7 Å². The first-order valence-corrected chi connectivity index (χ1v) is 10.9. The summed E-state index contributed by atoms with van der Waals surface area (Å²) in [6.45, 7) is 1.39. The van der Waals surface area contributed by atoms with Crippen LogP contribution in [0, 0.1) is 5.82 Å². The maximum atomic E-state index is 13.3. The SMILES string of the molecule is COc1cccc(-c2nc(S(=O)(=O)c3ccc(F)cc3)c(N3CCCCC3)o2)c1. The molecule has 0 radical (unpaired) electrons. The van der Waals surface area contributed by atoms with Crippen molar-refractivity contribution in [3.63, 3.8) is 0 Å². The number of piperidine rings is 1. The van der Waals surface area contributed by atoms with Crippen LogP contribution in [0.3, 0.4) is 0 Å². The van der Waals surface area contributed by atoms with Crippen molar-refractivity contribution in [1.82, 2.24) is 4.98 Å². The number of hydrogen-bond acceptors (Lipinski definition) is 6. The van der Waals surface area contributed by atoms with E-state index in [-0.39, 0.29) is 21.7 Å². The highest BCUT2D eigenvalue weighted by Gasteiger charge is 2.32. The molecule has 6 nitrogen and oxygen atoms in total. The zero-order chi connectivity index (χ0) is 20.4. The third kappa shape index (κ3) is 3.85. The number of ether oxygens (including phenoxy) is 1. The Balaban J connectivity index is 1.84. The monoisotopic (exact) mass is 416 g/mol. The summed E-state index contributed by atoms with van der Waals surface area (Å²) in [6.07, 6.45) is 2.99. The van der Waals surface area contributed by atoms with Crippen LogP contribution in [-0.4, -0.2) is 33.6 Å². The molecule has 8 heteroatoms. The fourth-order valence-corrected chi connectivity index (χ4v) is 4.70. The quantitative estimate of drug-likeness (QED) is 0.577. The summed E-state index contributed by atoms with van der Waals surface area (Å²) in [5, 5.41) is -0.149. The Morgan fingerprint density at radius 2 is 1.79 bits per heavy atom. The Morgan fingerprint density at radius 1 is 1.07 bits per heavy atom. The molecule has 0 spiro atoms. The van der Waals surface area contributed by atoms with Crippen LogP contribution in [0.25, 0.3) is 11.5 Å². The van der Waals surface area contributed by atoms with Crippen molar-refractivity contribution in [2.45, 2.75) is 29.2 Å². The van der Waals surface area contributed by atoms with E-state index in [1.807, 2.05) is 4.90 Å². The van der Waals surface area contributed by atoms with E-state index in [0.717, 1.165) is 31.4 Å². The number of nitrogens with zero attached hydrogens (tertiary/aromatic N) is 2. The first-order chi connectivity index (χ1) is 14.0. The van der Waals surface area contributed by atoms with Gasteiger partial charge in [0.05, 0.1) is 12.0 Å². The number of benzene rings is 2. The van der Waals surface area contributed by atoms with Gasteiger partial charge in [0.1, 0.15) is 11.6 Å². The molecule has 4 rings (SSSR count). The fourth-order valence-electron chi connectivity index (χ4n) is 3.37. The first kappa shape index (κ1) is 19.4. The molecule has 152 valence electrons. The van der Waals surface area contributed by atoms with Crippen LogP contribution in [0.2, 0.25) is 0 Å². The summed E-state index contributed by atoms with van der Waals surface area (Å²) in [4.78, 5) is 6.24. The molecule has 0 aliphatic carbocycles. The summed E-state index contributed by atoms with van der Waals surface area (Å²) >= 11 is 0. The summed E-state index contributed by atoms with van der Waals surface area (Å²) in [5.74, 6) is 0.539. The van der Waals surface area contributed by atoms with Gasteiger partial charge >= 0.3 is 0 Å². The lowest BCUT2D eigenvalue weighted by molar-refractivity contribution is 0.414. The molecule has 0 unspecified atom stereocenters. The van der Waals surface area contributed by atoms with Gasteiger partial charge < -0.3 is 14.1 Å². The predicted molar refractivity (Wildman–Crippen MR) is 106 cm³/mol. The second-order valence-electron chi connectivity index (χ2n) is 6.87. The van der Waals surface area contributed by atoms with Gasteiger partial charge in [0, 0.05) is 18.7 Å². The Morgan fingerprint density at radius 3 is 2.48 bits per heavy atom. The van der Waals surface area contributed by atoms with Crippen molar-refractivity contribution in [1.29, 1.82) is 0 Å². The zero-order valence-electron chi connectivity index (χ0n) is 16.0. The van der Waals surface area contributed by atoms with Crippen molar-refractivity contribution in [2.75, 3.05) is 25.1 Å². The third-order valence-corrected chi connectivity index (χ3v) is 6.59. The van der Waals surface area contributed by atoms with Gasteiger partial charge in [0.15, 0.2) is 0 Å². The molecule has 1 aliphatic rings. The van der Waals surface area contributed by atoms with Gasteiger partial charge in [-0.2, -0.15) is 4.98 Å². The highest BCUT2D eigenvalue weighted by atomic mass is 32.2. The van der Waals surface area contributed by atoms with Gasteiger partial charge in [-0.25, -0.2) is 12.8 Å². The average Bonchev–Trinajstić information content (AvgIpc) is 3.21. The molecule has 2 heterocycles. The van der Waals surface area contributed by atoms with E-state index in [9.17, 15) is 12.8 Å². The number of halogens is 1. The van der Waals surface area contributed by atoms with Crippen molar-refractivity contribution in [2.24, 2.45) is 0 Å². The van der Waals surface area contributed by atoms with E-state index in [1.54, 1.807) is 31.4 Å². The summed E-state index contributed by atoms with van der Waals surface area (Å²) in [7, 11) is -2.43. The van der Waals surface area contributed by atoms with Crippen LogP contribution in [0.15, 0.2) is 62.9 Å². The van der Waals surface area contributed by atoms with Gasteiger partial charge in [-0.1, -0.05) is 6.07 Å². The number of hydrogen-bond donors (Lipinski definition) is 0. The summed E-state index contributed by atoms with van der Waals surface area (Å²) in [6, 6.07) is 11.8. The molecule has 2 aromatic carbocycles. The van der Waals surface area contributed by atoms with Crippen molar-refractivity contribution < 1.29 is 22.0 Å². The van der Waals surface area contributed by atoms with Crippen LogP contribution < -0.4 is 9.64 Å². The van der Waals surface area contributed by atoms with Crippen LogP contribution in [0.5, 0.6) is 5.75 Å². The molecule has 1 aliphatic heterocycles. The van der Waals surface area contributed by atoms with Gasteiger partial charge in [0.2, 0.25) is 26.6 Å². The van der Waals surface area contributed by atoms with E-state index in [4.69, 9.17) is 9.15 Å². The topological polar surface area (TPSA) is 72.6 Å². The molecule has 1 saturated heterocycles. The van der Waals surface area contributed by atoms with Crippen LogP contribution >= 0.6 is 0 Å². The standard InChI is InChI=1S/C21H21FN2O4S/c1-27-17-7-5-6-15(14-17)19-23-20(21(28-19)24-12-3-2-4-13-24)29(25,26)18-10-8-16(22)9-11-18/h5-11,14H,2-4,12-13H2,1H3. The lowest BCUT2D eigenvalue weighted by Gasteiger charge is -2.26. The minimum Gasteiger partial charge on any atom is -0.497 e. The minimum absolute atomic E-state index is 0.0253. The van der Waals surface area contributed by atoms with Gasteiger partial charge in [0.25, 0.3) is 0 Å². The molecule has 0 saturated carbocycles. The summed E-state index contributed by atoms with van der Waals surface area (Å²) < 4.78 is 51.1. The lowest BCUT2D eigenvalue weighted by atomic mass is 10.1. The number of methoxy groups -OCH3 is 1. The van der Waals surface area contributed by atoms with Crippen molar-refractivity contribution in [3.05, 3.63) is 54.3 Å². The molecule has 0 bridgehead atoms. The smallest absolute Gasteiger partial charge is 0.236 e. The Bertz CT molecular complexity index is 1100. The van der Waals surface area contributed by atoms with Gasteiger partial charge in [-0.15, -0.1) is 0 Å². The van der Waals surface area contributed by atoms with E-state index in [1.165, 1.54) is 12.1 Å². The Labute approximate surface area is 168 Å². The summed E-state index contributed by atoms with van der Waals surface area (Å²) in [5.41, 5.74) is 0.614. The second-order valence-corrected chi connectivity index (χ2v) is 8.73. The molecule has 3 aromatic rings. The lowest BCUT2D eigenvalue weighted by Crippen LogP contribution is -2.30. The number of sulfone groups is 1. The number of anilines is 1. The maximum absolute atomic E-state index is 13.3. The van der Waals surface area contributed by atoms with E-state index >= 15 is 0 Å². The molecule has 1 fully saturated rings. The zero-order valence-corrected chi connectivity index (χ0v) is 16.8. The Hall–Kier alpha value is -2.87. The molecule has 0 amide bonds. The maximum Gasteiger partial charge on any atom is 0.236 e. The molecule has 0 atom stereocenters. The second kappa shape index (κ2) is 7.87.